The van der Waals surface area contributed by atoms with Gasteiger partial charge < -0.3 is 10.4 Å². The first kappa shape index (κ1) is 12.6. The van der Waals surface area contributed by atoms with Crippen molar-refractivity contribution < 1.29 is 9.90 Å². The molecule has 1 amide bonds. The smallest absolute Gasteiger partial charge is 0.223 e. The minimum atomic E-state index is -0.0189. The number of amides is 1. The van der Waals surface area contributed by atoms with Crippen molar-refractivity contribution in [3.63, 3.8) is 0 Å². The largest absolute Gasteiger partial charge is 0.508 e. The maximum absolute atomic E-state index is 11.7. The second-order valence-electron chi connectivity index (χ2n) is 4.34. The van der Waals surface area contributed by atoms with Gasteiger partial charge in [0.25, 0.3) is 0 Å². The van der Waals surface area contributed by atoms with Crippen LogP contribution in [0.25, 0.3) is 0 Å². The van der Waals surface area contributed by atoms with Crippen LogP contribution >= 0.6 is 0 Å². The number of phenolic OH excluding ortho intramolecular Hbond substituents is 1. The molecule has 0 aliphatic rings. The number of phenols is 1. The summed E-state index contributed by atoms with van der Waals surface area (Å²) in [6.45, 7) is 4.08. The molecule has 0 aromatic heterocycles. The number of aromatic hydroxyl groups is 1. The highest BCUT2D eigenvalue weighted by molar-refractivity contribution is 5.78. The van der Waals surface area contributed by atoms with Crippen molar-refractivity contribution in [1.82, 2.24) is 5.32 Å². The molecule has 1 aromatic rings. The molecule has 16 heavy (non-hydrogen) atoms. The van der Waals surface area contributed by atoms with E-state index in [0.717, 1.165) is 5.56 Å². The molecular formula is C13H19NO2. The van der Waals surface area contributed by atoms with Crippen molar-refractivity contribution in [2.24, 2.45) is 11.8 Å². The van der Waals surface area contributed by atoms with Gasteiger partial charge in [-0.3, -0.25) is 4.79 Å². The minimum absolute atomic E-state index is 0.0189. The van der Waals surface area contributed by atoms with E-state index in [4.69, 9.17) is 0 Å². The molecule has 88 valence electrons. The van der Waals surface area contributed by atoms with Crippen molar-refractivity contribution in [2.45, 2.75) is 20.3 Å². The summed E-state index contributed by atoms with van der Waals surface area (Å²) in [6.07, 6.45) is 0.706. The molecule has 0 saturated heterocycles. The van der Waals surface area contributed by atoms with E-state index >= 15 is 0 Å². The van der Waals surface area contributed by atoms with Crippen LogP contribution in [0.4, 0.5) is 0 Å². The van der Waals surface area contributed by atoms with Crippen LogP contribution in [-0.2, 0) is 11.2 Å². The van der Waals surface area contributed by atoms with E-state index in [1.54, 1.807) is 19.2 Å². The Balaban J connectivity index is 2.75. The van der Waals surface area contributed by atoms with Gasteiger partial charge >= 0.3 is 0 Å². The molecule has 3 nitrogen and oxygen atoms in total. The zero-order valence-corrected chi connectivity index (χ0v) is 10.0. The van der Waals surface area contributed by atoms with Gasteiger partial charge in [-0.2, -0.15) is 0 Å². The molecule has 0 saturated carbocycles. The Hall–Kier alpha value is -1.51. The zero-order valence-electron chi connectivity index (χ0n) is 10.0. The Kier molecular flexibility index (Phi) is 4.35. The van der Waals surface area contributed by atoms with Crippen molar-refractivity contribution >= 4 is 5.91 Å². The summed E-state index contributed by atoms with van der Waals surface area (Å²) in [7, 11) is 1.66. The van der Waals surface area contributed by atoms with Gasteiger partial charge in [0.05, 0.1) is 0 Å². The molecule has 1 unspecified atom stereocenters. The highest BCUT2D eigenvalue weighted by Gasteiger charge is 2.21. The highest BCUT2D eigenvalue weighted by atomic mass is 16.3. The second-order valence-corrected chi connectivity index (χ2v) is 4.34. The molecular weight excluding hydrogens is 202 g/mol. The summed E-state index contributed by atoms with van der Waals surface area (Å²) in [5, 5.41) is 11.9. The van der Waals surface area contributed by atoms with Gasteiger partial charge in [0.15, 0.2) is 0 Å². The molecule has 3 heteroatoms. The number of nitrogens with one attached hydrogen (secondary N) is 1. The molecule has 0 fully saturated rings. The van der Waals surface area contributed by atoms with Gasteiger partial charge in [-0.15, -0.1) is 0 Å². The Morgan fingerprint density at radius 2 is 1.88 bits per heavy atom. The molecule has 0 aliphatic heterocycles. The predicted molar refractivity (Wildman–Crippen MR) is 64.2 cm³/mol. The normalized spacial score (nSPS) is 12.5. The average molecular weight is 221 g/mol. The van der Waals surface area contributed by atoms with E-state index in [1.807, 2.05) is 26.0 Å². The molecule has 0 radical (unpaired) electrons. The van der Waals surface area contributed by atoms with Gasteiger partial charge in [0, 0.05) is 13.0 Å². The Bertz CT molecular complexity index is 343. The molecule has 0 bridgehead atoms. The summed E-state index contributed by atoms with van der Waals surface area (Å²) >= 11 is 0. The highest BCUT2D eigenvalue weighted by Crippen LogP contribution is 2.19. The fraction of sp³-hybridized carbons (Fsp3) is 0.462. The third-order valence-electron chi connectivity index (χ3n) is 2.78. The van der Waals surface area contributed by atoms with Crippen molar-refractivity contribution in [1.29, 1.82) is 0 Å². The molecule has 1 rings (SSSR count). The average Bonchev–Trinajstić information content (AvgIpc) is 2.27. The van der Waals surface area contributed by atoms with Gasteiger partial charge in [-0.25, -0.2) is 0 Å². The van der Waals surface area contributed by atoms with Gasteiger partial charge in [0.1, 0.15) is 5.75 Å². The van der Waals surface area contributed by atoms with Gasteiger partial charge in [0.2, 0.25) is 5.91 Å². The number of benzene rings is 1. The first-order valence-electron chi connectivity index (χ1n) is 5.54. The number of carbonyl (C=O) groups is 1. The van der Waals surface area contributed by atoms with Crippen LogP contribution in [0.1, 0.15) is 19.4 Å². The second kappa shape index (κ2) is 5.54. The quantitative estimate of drug-likeness (QED) is 0.816. The van der Waals surface area contributed by atoms with E-state index < -0.39 is 0 Å². The lowest BCUT2D eigenvalue weighted by molar-refractivity contribution is -0.125. The number of hydrogen-bond donors (Lipinski definition) is 2. The summed E-state index contributed by atoms with van der Waals surface area (Å²) in [4.78, 5) is 11.7. The van der Waals surface area contributed by atoms with E-state index in [-0.39, 0.29) is 17.6 Å². The summed E-state index contributed by atoms with van der Waals surface area (Å²) < 4.78 is 0. The molecule has 0 spiro atoms. The van der Waals surface area contributed by atoms with Crippen LogP contribution in [0, 0.1) is 11.8 Å². The molecule has 0 heterocycles. The third-order valence-corrected chi connectivity index (χ3v) is 2.78. The first-order valence-corrected chi connectivity index (χ1v) is 5.54. The van der Waals surface area contributed by atoms with Crippen LogP contribution in [0.3, 0.4) is 0 Å². The van der Waals surface area contributed by atoms with Crippen LogP contribution in [0.15, 0.2) is 24.3 Å². The number of hydrogen-bond acceptors (Lipinski definition) is 2. The first-order chi connectivity index (χ1) is 7.54. The fourth-order valence-corrected chi connectivity index (χ4v) is 1.70. The summed E-state index contributed by atoms with van der Waals surface area (Å²) in [5.74, 6) is 0.608. The minimum Gasteiger partial charge on any atom is -0.508 e. The van der Waals surface area contributed by atoms with E-state index in [1.165, 1.54) is 0 Å². The molecule has 2 N–H and O–H groups in total. The third kappa shape index (κ3) is 3.26. The Labute approximate surface area is 96.5 Å². The lowest BCUT2D eigenvalue weighted by Crippen LogP contribution is -2.32. The maximum atomic E-state index is 11.7. The van der Waals surface area contributed by atoms with Crippen molar-refractivity contribution in [3.05, 3.63) is 29.8 Å². The standard InChI is InChI=1S/C13H19NO2/c1-9(2)12(13(16)14-3)8-10-4-6-11(15)7-5-10/h4-7,9,12,15H,8H2,1-3H3,(H,14,16). The van der Waals surface area contributed by atoms with Gasteiger partial charge in [-0.1, -0.05) is 26.0 Å². The molecule has 1 aromatic carbocycles. The van der Waals surface area contributed by atoms with Crippen molar-refractivity contribution in [2.75, 3.05) is 7.05 Å². The SMILES string of the molecule is CNC(=O)C(Cc1ccc(O)cc1)C(C)C. The topological polar surface area (TPSA) is 49.3 Å². The summed E-state index contributed by atoms with van der Waals surface area (Å²) in [6, 6.07) is 7.01. The van der Waals surface area contributed by atoms with E-state index in [0.29, 0.717) is 12.3 Å². The van der Waals surface area contributed by atoms with Crippen LogP contribution in [0.2, 0.25) is 0 Å². The van der Waals surface area contributed by atoms with E-state index in [2.05, 4.69) is 5.32 Å². The lowest BCUT2D eigenvalue weighted by atomic mass is 9.88. The van der Waals surface area contributed by atoms with Gasteiger partial charge in [-0.05, 0) is 30.0 Å². The number of carbonyl (C=O) groups excluding carboxylic acids is 1. The van der Waals surface area contributed by atoms with E-state index in [9.17, 15) is 9.90 Å². The fourth-order valence-electron chi connectivity index (χ4n) is 1.70. The van der Waals surface area contributed by atoms with Crippen LogP contribution < -0.4 is 5.32 Å². The Morgan fingerprint density at radius 3 is 2.31 bits per heavy atom. The Morgan fingerprint density at radius 1 is 1.31 bits per heavy atom. The molecule has 1 atom stereocenters. The predicted octanol–water partition coefficient (Wildman–Crippen LogP) is 1.95. The zero-order chi connectivity index (χ0) is 12.1. The summed E-state index contributed by atoms with van der Waals surface area (Å²) in [5.41, 5.74) is 1.07. The molecule has 0 aliphatic carbocycles. The van der Waals surface area contributed by atoms with Crippen LogP contribution in [-0.4, -0.2) is 18.1 Å². The monoisotopic (exact) mass is 221 g/mol. The lowest BCUT2D eigenvalue weighted by Gasteiger charge is -2.19. The van der Waals surface area contributed by atoms with Crippen LogP contribution in [0.5, 0.6) is 5.75 Å². The maximum Gasteiger partial charge on any atom is 0.223 e. The number of rotatable bonds is 4. The van der Waals surface area contributed by atoms with Crippen molar-refractivity contribution in [3.8, 4) is 5.75 Å².